The van der Waals surface area contributed by atoms with E-state index < -0.39 is 21.3 Å². The van der Waals surface area contributed by atoms with Crippen molar-refractivity contribution in [2.24, 2.45) is 0 Å². The third kappa shape index (κ3) is 3.24. The van der Waals surface area contributed by atoms with Crippen LogP contribution in [0.25, 0.3) is 6.08 Å². The summed E-state index contributed by atoms with van der Waals surface area (Å²) in [6.45, 7) is 3.52. The zero-order chi connectivity index (χ0) is 11.5. The highest BCUT2D eigenvalue weighted by Gasteiger charge is 2.15. The zero-order valence-electron chi connectivity index (χ0n) is 7.58. The molecule has 0 aromatic heterocycles. The minimum atomic E-state index is -3.92. The van der Waals surface area contributed by atoms with E-state index >= 15 is 0 Å². The first-order valence-electron chi connectivity index (χ1n) is 3.81. The van der Waals surface area contributed by atoms with Gasteiger partial charge in [-0.3, -0.25) is 4.55 Å². The molecule has 0 radical (unpaired) electrons. The van der Waals surface area contributed by atoms with Gasteiger partial charge in [0.05, 0.1) is 4.90 Å². The van der Waals surface area contributed by atoms with Crippen molar-refractivity contribution in [1.82, 2.24) is 4.13 Å². The molecule has 1 unspecified atom stereocenters. The van der Waals surface area contributed by atoms with Gasteiger partial charge in [-0.2, -0.15) is 0 Å². The molecule has 2 N–H and O–H groups in total. The Bertz CT molecular complexity index is 478. The van der Waals surface area contributed by atoms with Crippen molar-refractivity contribution < 1.29 is 17.2 Å². The number of rotatable bonds is 4. The fraction of sp³-hybridized carbons (Fsp3) is 0. The van der Waals surface area contributed by atoms with E-state index in [9.17, 15) is 12.6 Å². The van der Waals surface area contributed by atoms with E-state index in [-0.39, 0.29) is 4.90 Å². The highest BCUT2D eigenvalue weighted by atomic mass is 32.3. The summed E-state index contributed by atoms with van der Waals surface area (Å²) in [6, 6.07) is 5.74. The first-order valence-corrected chi connectivity index (χ1v) is 6.40. The van der Waals surface area contributed by atoms with Crippen molar-refractivity contribution in [3.05, 3.63) is 36.4 Å². The summed E-state index contributed by atoms with van der Waals surface area (Å²) in [7, 11) is -3.92. The summed E-state index contributed by atoms with van der Waals surface area (Å²) in [5, 5.41) is 0. The summed E-state index contributed by atoms with van der Waals surface area (Å²) in [5.41, 5.74) is 0.763. The second-order valence-electron chi connectivity index (χ2n) is 2.61. The molecule has 0 heterocycles. The molecule has 0 spiro atoms. The quantitative estimate of drug-likeness (QED) is 0.769. The lowest BCUT2D eigenvalue weighted by Gasteiger charge is -2.02. The van der Waals surface area contributed by atoms with Crippen LogP contribution in [0.2, 0.25) is 0 Å². The molecule has 0 bridgehead atoms. The molecule has 0 amide bonds. The highest BCUT2D eigenvalue weighted by Crippen LogP contribution is 2.11. The fourth-order valence-electron chi connectivity index (χ4n) is 0.925. The topological polar surface area (TPSA) is 83.5 Å². The monoisotopic (exact) mass is 247 g/mol. The van der Waals surface area contributed by atoms with Gasteiger partial charge in [0.1, 0.15) is 0 Å². The van der Waals surface area contributed by atoms with Gasteiger partial charge in [-0.1, -0.05) is 24.8 Å². The van der Waals surface area contributed by atoms with Crippen molar-refractivity contribution in [2.75, 3.05) is 0 Å². The van der Waals surface area contributed by atoms with Crippen molar-refractivity contribution in [1.29, 1.82) is 0 Å². The van der Waals surface area contributed by atoms with Gasteiger partial charge < -0.3 is 0 Å². The van der Waals surface area contributed by atoms with E-state index in [1.54, 1.807) is 22.3 Å². The van der Waals surface area contributed by atoms with Crippen LogP contribution < -0.4 is 4.13 Å². The molecule has 1 aromatic carbocycles. The van der Waals surface area contributed by atoms with E-state index in [0.717, 1.165) is 5.56 Å². The van der Waals surface area contributed by atoms with E-state index in [4.69, 9.17) is 4.55 Å². The van der Waals surface area contributed by atoms with E-state index in [1.807, 2.05) is 0 Å². The molecular weight excluding hydrogens is 238 g/mol. The third-order valence-electron chi connectivity index (χ3n) is 1.61. The SMILES string of the molecule is C=Cc1ccc(S(=O)(=O)NS(=O)O)cc1. The summed E-state index contributed by atoms with van der Waals surface area (Å²) in [6.07, 6.45) is 1.56. The lowest BCUT2D eigenvalue weighted by atomic mass is 10.2. The van der Waals surface area contributed by atoms with Crippen molar-refractivity contribution in [3.63, 3.8) is 0 Å². The Kier molecular flexibility index (Phi) is 3.75. The van der Waals surface area contributed by atoms with Crippen LogP contribution in [0, 0.1) is 0 Å². The maximum Gasteiger partial charge on any atom is 0.253 e. The van der Waals surface area contributed by atoms with Crippen LogP contribution in [-0.2, 0) is 21.3 Å². The van der Waals surface area contributed by atoms with Gasteiger partial charge in [0.15, 0.2) is 0 Å². The van der Waals surface area contributed by atoms with Crippen LogP contribution in [0.3, 0.4) is 0 Å². The highest BCUT2D eigenvalue weighted by molar-refractivity contribution is 8.00. The van der Waals surface area contributed by atoms with Crippen LogP contribution in [-0.4, -0.2) is 17.2 Å². The molecule has 0 aliphatic heterocycles. The molecule has 5 nitrogen and oxygen atoms in total. The second kappa shape index (κ2) is 4.67. The summed E-state index contributed by atoms with van der Waals surface area (Å²) in [5.74, 6) is 0. The molecule has 0 fully saturated rings. The number of benzene rings is 1. The van der Waals surface area contributed by atoms with Gasteiger partial charge >= 0.3 is 0 Å². The summed E-state index contributed by atoms with van der Waals surface area (Å²) in [4.78, 5) is -0.0736. The average molecular weight is 247 g/mol. The van der Waals surface area contributed by atoms with Gasteiger partial charge in [-0.25, -0.2) is 12.6 Å². The van der Waals surface area contributed by atoms with Gasteiger partial charge in [0.25, 0.3) is 10.0 Å². The first kappa shape index (κ1) is 12.1. The Hall–Kier alpha value is -1.02. The van der Waals surface area contributed by atoms with Crippen LogP contribution in [0.15, 0.2) is 35.7 Å². The smallest absolute Gasteiger partial charge is 0.253 e. The number of nitrogens with one attached hydrogen (secondary N) is 1. The minimum absolute atomic E-state index is 0.0736. The second-order valence-corrected chi connectivity index (χ2v) is 5.25. The molecule has 0 aliphatic carbocycles. The predicted octanol–water partition coefficient (Wildman–Crippen LogP) is 0.745. The Balaban J connectivity index is 3.06. The Labute approximate surface area is 90.3 Å². The molecular formula is C8H9NO4S2. The van der Waals surface area contributed by atoms with E-state index in [2.05, 4.69) is 6.58 Å². The molecule has 1 atom stereocenters. The lowest BCUT2D eigenvalue weighted by molar-refractivity contribution is 0.553. The van der Waals surface area contributed by atoms with E-state index in [0.29, 0.717) is 0 Å². The number of hydrogen-bond acceptors (Lipinski definition) is 3. The number of sulfonamides is 1. The lowest BCUT2D eigenvalue weighted by Crippen LogP contribution is -2.25. The molecule has 1 rings (SSSR count). The molecule has 1 aromatic rings. The van der Waals surface area contributed by atoms with Crippen LogP contribution in [0.4, 0.5) is 0 Å². The number of hydrogen-bond donors (Lipinski definition) is 2. The van der Waals surface area contributed by atoms with Crippen LogP contribution in [0.1, 0.15) is 5.56 Å². The van der Waals surface area contributed by atoms with Gasteiger partial charge in [-0.05, 0) is 17.7 Å². The normalized spacial score (nSPS) is 13.4. The molecule has 15 heavy (non-hydrogen) atoms. The van der Waals surface area contributed by atoms with Gasteiger partial charge in [0, 0.05) is 0 Å². The van der Waals surface area contributed by atoms with Crippen molar-refractivity contribution >= 4 is 27.4 Å². The molecule has 0 aliphatic rings. The zero-order valence-corrected chi connectivity index (χ0v) is 9.22. The largest absolute Gasteiger partial charge is 0.293 e. The van der Waals surface area contributed by atoms with Crippen molar-refractivity contribution in [2.45, 2.75) is 4.90 Å². The average Bonchev–Trinajstić information content (AvgIpc) is 2.16. The standard InChI is InChI=1S/C8H9NO4S2/c1-2-7-3-5-8(6-4-7)15(12,13)9-14(10)11/h2-6,9H,1H2,(H,10,11). The van der Waals surface area contributed by atoms with Gasteiger partial charge in [0.2, 0.25) is 11.3 Å². The Morgan fingerprint density at radius 3 is 2.27 bits per heavy atom. The molecule has 82 valence electrons. The Morgan fingerprint density at radius 1 is 1.33 bits per heavy atom. The minimum Gasteiger partial charge on any atom is -0.293 e. The van der Waals surface area contributed by atoms with E-state index in [1.165, 1.54) is 12.1 Å². The summed E-state index contributed by atoms with van der Waals surface area (Å²) >= 11 is -2.60. The molecule has 7 heteroatoms. The fourth-order valence-corrected chi connectivity index (χ4v) is 2.56. The van der Waals surface area contributed by atoms with Crippen LogP contribution in [0.5, 0.6) is 0 Å². The maximum absolute atomic E-state index is 11.4. The maximum atomic E-state index is 11.4. The van der Waals surface area contributed by atoms with Gasteiger partial charge in [-0.15, -0.1) is 4.13 Å². The molecule has 0 saturated carbocycles. The van der Waals surface area contributed by atoms with Crippen molar-refractivity contribution in [3.8, 4) is 0 Å². The Morgan fingerprint density at radius 2 is 1.87 bits per heavy atom. The summed E-state index contributed by atoms with van der Waals surface area (Å²) < 4.78 is 43.0. The third-order valence-corrected chi connectivity index (χ3v) is 3.95. The van der Waals surface area contributed by atoms with Crippen LogP contribution >= 0.6 is 0 Å². The predicted molar refractivity (Wildman–Crippen MR) is 57.6 cm³/mol. The molecule has 0 saturated heterocycles. The first-order chi connectivity index (χ1) is 6.95.